The molecule has 0 radical (unpaired) electrons. The second kappa shape index (κ2) is 20.1. The Kier molecular flexibility index (Phi) is 14.3. The third-order valence-corrected chi connectivity index (χ3v) is 13.1. The number of nitrogens with zero attached hydrogens (tertiary/aromatic N) is 1. The van der Waals surface area contributed by atoms with Gasteiger partial charge in [-0.1, -0.05) is 66.7 Å². The number of carbonyl (C=O) groups excluding carboxylic acids is 4. The van der Waals surface area contributed by atoms with E-state index < -0.39 is 0 Å². The van der Waals surface area contributed by atoms with Crippen LogP contribution in [-0.4, -0.2) is 47.8 Å². The number of rotatable bonds is 15. The highest BCUT2D eigenvalue weighted by Crippen LogP contribution is 2.39. The van der Waals surface area contributed by atoms with E-state index in [1.54, 1.807) is 12.1 Å². The Morgan fingerprint density at radius 2 is 1.38 bits per heavy atom. The minimum absolute atomic E-state index is 0.0795. The second-order valence-electron chi connectivity index (χ2n) is 16.3. The lowest BCUT2D eigenvalue weighted by Crippen LogP contribution is -2.42. The average Bonchev–Trinajstić information content (AvgIpc) is 3.65. The van der Waals surface area contributed by atoms with Crippen molar-refractivity contribution in [3.63, 3.8) is 0 Å². The Morgan fingerprint density at radius 1 is 0.717 bits per heavy atom. The molecule has 312 valence electrons. The number of fused-ring (bicyclic) bond motifs is 1. The van der Waals surface area contributed by atoms with E-state index >= 15 is 0 Å². The molecule has 4 aromatic carbocycles. The van der Waals surface area contributed by atoms with Gasteiger partial charge in [-0.25, -0.2) is 4.79 Å². The summed E-state index contributed by atoms with van der Waals surface area (Å²) in [5.74, 6) is -0.991. The smallest absolute Gasteiger partial charge is 0.337 e. The van der Waals surface area contributed by atoms with E-state index in [1.807, 2.05) is 84.9 Å². The van der Waals surface area contributed by atoms with Crippen LogP contribution in [-0.2, 0) is 53.1 Å². The first-order chi connectivity index (χ1) is 29.1. The van der Waals surface area contributed by atoms with E-state index in [0.29, 0.717) is 46.6 Å². The highest BCUT2D eigenvalue weighted by Gasteiger charge is 2.32. The van der Waals surface area contributed by atoms with Gasteiger partial charge in [-0.15, -0.1) is 11.3 Å². The molecule has 0 saturated heterocycles. The van der Waals surface area contributed by atoms with E-state index in [-0.39, 0.29) is 35.7 Å². The van der Waals surface area contributed by atoms with Crippen LogP contribution in [0.3, 0.4) is 0 Å². The molecular formula is C50H55N3O6S. The van der Waals surface area contributed by atoms with E-state index in [0.717, 1.165) is 96.9 Å². The highest BCUT2D eigenvalue weighted by atomic mass is 32.1. The Morgan fingerprint density at radius 3 is 2.07 bits per heavy atom. The molecule has 5 aromatic rings. The zero-order valence-electron chi connectivity index (χ0n) is 34.8. The molecule has 60 heavy (non-hydrogen) atoms. The molecule has 7 rings (SSSR count). The van der Waals surface area contributed by atoms with Crippen LogP contribution < -0.4 is 10.6 Å². The van der Waals surface area contributed by atoms with Crippen molar-refractivity contribution in [2.75, 3.05) is 17.7 Å². The fraction of sp³-hybridized carbons (Fsp3) is 0.360. The molecule has 0 bridgehead atoms. The summed E-state index contributed by atoms with van der Waals surface area (Å²) in [4.78, 5) is 56.2. The molecule has 2 amide bonds. The van der Waals surface area contributed by atoms with Crippen molar-refractivity contribution in [3.05, 3.63) is 153 Å². The zero-order chi connectivity index (χ0) is 42.0. The van der Waals surface area contributed by atoms with Gasteiger partial charge in [0.25, 0.3) is 11.8 Å². The van der Waals surface area contributed by atoms with Gasteiger partial charge in [0.15, 0.2) is 0 Å². The van der Waals surface area contributed by atoms with Crippen molar-refractivity contribution < 1.29 is 28.7 Å². The lowest BCUT2D eigenvalue weighted by Gasteiger charge is -2.39. The maximum Gasteiger partial charge on any atom is 0.337 e. The predicted molar refractivity (Wildman–Crippen MR) is 238 cm³/mol. The molecule has 9 nitrogen and oxygen atoms in total. The number of amides is 2. The molecule has 0 aliphatic heterocycles. The summed E-state index contributed by atoms with van der Waals surface area (Å²) < 4.78 is 10.5. The maximum absolute atomic E-state index is 14.0. The summed E-state index contributed by atoms with van der Waals surface area (Å²) in [7, 11) is 1.38. The normalized spacial score (nSPS) is 16.2. The van der Waals surface area contributed by atoms with Gasteiger partial charge in [-0.3, -0.25) is 19.3 Å². The molecule has 1 saturated carbocycles. The van der Waals surface area contributed by atoms with Gasteiger partial charge in [0, 0.05) is 34.8 Å². The number of esters is 2. The molecule has 2 N–H and O–H groups in total. The average molecular weight is 826 g/mol. The molecule has 1 fully saturated rings. The zero-order valence-corrected chi connectivity index (χ0v) is 35.7. The largest absolute Gasteiger partial charge is 0.465 e. The number of hydrogen-bond acceptors (Lipinski definition) is 8. The van der Waals surface area contributed by atoms with Crippen LogP contribution in [0, 0.1) is 5.92 Å². The number of carbonyl (C=O) groups is 4. The molecule has 0 atom stereocenters. The summed E-state index contributed by atoms with van der Waals surface area (Å²) in [6, 6.07) is 33.5. The van der Waals surface area contributed by atoms with Crippen LogP contribution in [0.2, 0.25) is 0 Å². The Labute approximate surface area is 357 Å². The van der Waals surface area contributed by atoms with Gasteiger partial charge in [-0.2, -0.15) is 0 Å². The van der Waals surface area contributed by atoms with Gasteiger partial charge >= 0.3 is 11.9 Å². The van der Waals surface area contributed by atoms with Crippen molar-refractivity contribution in [2.24, 2.45) is 5.92 Å². The first-order valence-electron chi connectivity index (χ1n) is 21.2. The highest BCUT2D eigenvalue weighted by molar-refractivity contribution is 7.17. The molecule has 1 aromatic heterocycles. The quantitative estimate of drug-likeness (QED) is 0.101. The molecular weight excluding hydrogens is 771 g/mol. The SMILES string of the molecule is COC(=O)c1ccc(CCc2ccc(NC(=O)c3c(NC(=O)c4cccc(CN(C(C)C)[C@H]5CC[C@@H](C(=O)OCc6ccccc6)CC5)c4)sc4c3CCCC4)cc2)cc1. The Hall–Kier alpha value is -5.58. The van der Waals surface area contributed by atoms with Crippen LogP contribution in [0.5, 0.6) is 0 Å². The number of nitrogens with one attached hydrogen (secondary N) is 2. The lowest BCUT2D eigenvalue weighted by molar-refractivity contribution is -0.151. The van der Waals surface area contributed by atoms with E-state index in [4.69, 9.17) is 9.47 Å². The Bertz CT molecular complexity index is 2260. The third-order valence-electron chi connectivity index (χ3n) is 11.9. The van der Waals surface area contributed by atoms with Gasteiger partial charge in [0.1, 0.15) is 11.6 Å². The Balaban J connectivity index is 0.962. The standard InChI is InChI=1S/C50H55N3O6S/c1-33(2)53(42-28-24-39(25-29-42)50(57)59-32-36-10-5-4-6-11-36)31-37-12-9-13-40(30-37)46(54)52-48-45(43-14-7-8-15-44(43)60-48)47(55)51-41-26-20-35(21-27-41)17-16-34-18-22-38(23-19-34)49(56)58-3/h4-6,9-13,18-23,26-27,30,33,39,42H,7-8,14-17,24-25,28-29,31-32H2,1-3H3,(H,51,55)(H,52,54)/t39-,42+. The van der Waals surface area contributed by atoms with Crippen LogP contribution in [0.25, 0.3) is 0 Å². The van der Waals surface area contributed by atoms with E-state index in [9.17, 15) is 19.2 Å². The van der Waals surface area contributed by atoms with Crippen molar-refractivity contribution in [2.45, 2.75) is 103 Å². The number of aryl methyl sites for hydroxylation is 3. The fourth-order valence-corrected chi connectivity index (χ4v) is 9.76. The first-order valence-corrected chi connectivity index (χ1v) is 22.1. The summed E-state index contributed by atoms with van der Waals surface area (Å²) in [6.07, 6.45) is 8.82. The number of anilines is 2. The van der Waals surface area contributed by atoms with Crippen LogP contribution >= 0.6 is 11.3 Å². The monoisotopic (exact) mass is 825 g/mol. The minimum Gasteiger partial charge on any atom is -0.465 e. The van der Waals surface area contributed by atoms with Crippen LogP contribution in [0.4, 0.5) is 10.7 Å². The van der Waals surface area contributed by atoms with E-state index in [2.05, 4.69) is 35.4 Å². The van der Waals surface area contributed by atoms with Gasteiger partial charge in [0.05, 0.1) is 24.2 Å². The number of hydrogen-bond donors (Lipinski definition) is 2. The number of benzene rings is 4. The number of ether oxygens (including phenoxy) is 2. The van der Waals surface area contributed by atoms with Crippen molar-refractivity contribution in [3.8, 4) is 0 Å². The summed E-state index contributed by atoms with van der Waals surface area (Å²) in [6.45, 7) is 5.40. The van der Waals surface area contributed by atoms with Crippen molar-refractivity contribution in [1.82, 2.24) is 4.90 Å². The topological polar surface area (TPSA) is 114 Å². The molecule has 2 aliphatic carbocycles. The molecule has 2 aliphatic rings. The molecule has 0 spiro atoms. The lowest BCUT2D eigenvalue weighted by atomic mass is 9.84. The minimum atomic E-state index is -0.348. The van der Waals surface area contributed by atoms with Crippen LogP contribution in [0.15, 0.2) is 103 Å². The molecule has 10 heteroatoms. The van der Waals surface area contributed by atoms with Crippen LogP contribution in [0.1, 0.15) is 116 Å². The molecule has 1 heterocycles. The second-order valence-corrected chi connectivity index (χ2v) is 17.4. The third kappa shape index (κ3) is 10.8. The van der Waals surface area contributed by atoms with Crippen molar-refractivity contribution in [1.29, 1.82) is 0 Å². The summed E-state index contributed by atoms with van der Waals surface area (Å²) >= 11 is 1.52. The summed E-state index contributed by atoms with van der Waals surface area (Å²) in [5.41, 5.74) is 7.66. The summed E-state index contributed by atoms with van der Waals surface area (Å²) in [5, 5.41) is 6.84. The van der Waals surface area contributed by atoms with Gasteiger partial charge in [-0.05, 0) is 142 Å². The number of methoxy groups -OCH3 is 1. The van der Waals surface area contributed by atoms with Gasteiger partial charge in [0.2, 0.25) is 0 Å². The van der Waals surface area contributed by atoms with E-state index in [1.165, 1.54) is 18.4 Å². The fourth-order valence-electron chi connectivity index (χ4n) is 8.48. The maximum atomic E-state index is 14.0. The van der Waals surface area contributed by atoms with Crippen molar-refractivity contribution >= 4 is 45.8 Å². The van der Waals surface area contributed by atoms with Gasteiger partial charge < -0.3 is 20.1 Å². The molecule has 0 unspecified atom stereocenters. The first kappa shape index (κ1) is 42.5. The number of thiophene rings is 1. The predicted octanol–water partition coefficient (Wildman–Crippen LogP) is 10.2.